The smallest absolute Gasteiger partial charge is 0.0726 e. The summed E-state index contributed by atoms with van der Waals surface area (Å²) in [6.07, 6.45) is 0. The molecular formula is C107H83BrN2. The van der Waals surface area contributed by atoms with Crippen molar-refractivity contribution in [3.8, 4) is 44.5 Å². The van der Waals surface area contributed by atoms with Crippen molar-refractivity contribution in [1.29, 1.82) is 0 Å². The number of rotatable bonds is 5. The van der Waals surface area contributed by atoms with Crippen LogP contribution in [-0.4, -0.2) is 0 Å². The van der Waals surface area contributed by atoms with E-state index in [2.05, 4.69) is 432 Å². The van der Waals surface area contributed by atoms with Crippen LogP contribution in [0, 0.1) is 0 Å². The molecule has 2 nitrogen and oxygen atoms in total. The van der Waals surface area contributed by atoms with E-state index in [9.17, 15) is 0 Å². The number of nitrogens with one attached hydrogen (secondary N) is 1. The zero-order valence-corrected chi connectivity index (χ0v) is 63.6. The van der Waals surface area contributed by atoms with Crippen molar-refractivity contribution >= 4 is 109 Å². The van der Waals surface area contributed by atoms with E-state index in [1.54, 1.807) is 0 Å². The summed E-state index contributed by atoms with van der Waals surface area (Å²) in [5.41, 5.74) is 29.3. The molecule has 0 aliphatic heterocycles. The average Bonchev–Trinajstić information content (AvgIpc) is 1.52. The number of hydrogen-bond acceptors (Lipinski definition) is 2. The van der Waals surface area contributed by atoms with Crippen molar-refractivity contribution < 1.29 is 0 Å². The Bertz CT molecular complexity index is 6550. The third kappa shape index (κ3) is 10.5. The number of nitrogens with zero attached hydrogens (tertiary/aromatic N) is 1. The van der Waals surface area contributed by atoms with Crippen molar-refractivity contribution in [3.63, 3.8) is 0 Å². The molecule has 1 N–H and O–H groups in total. The Hall–Kier alpha value is -12.4. The maximum Gasteiger partial charge on any atom is 0.0726 e. The van der Waals surface area contributed by atoms with E-state index in [1.165, 1.54) is 165 Å². The highest BCUT2D eigenvalue weighted by Crippen LogP contribution is 2.65. The predicted octanol–water partition coefficient (Wildman–Crippen LogP) is 29.9. The van der Waals surface area contributed by atoms with Crippen LogP contribution >= 0.6 is 15.9 Å². The molecule has 0 saturated heterocycles. The van der Waals surface area contributed by atoms with Crippen LogP contribution < -0.4 is 10.2 Å². The minimum absolute atomic E-state index is 0. The summed E-state index contributed by atoms with van der Waals surface area (Å²) >= 11 is 3.41. The maximum atomic E-state index is 3.82. The SMILES string of the molecule is C.CC(C)(C)c1ccc(Br)cc1.CC(C)(C)c1ccc(N(c2ccc3c(c2)C2(c4ccccc4-c4ccccc42)c2ccccc2-3)c2ccc3c4ccccc4c4ccccc4c3c2)cc1.c1ccc2c(c1)-c1ccccc1C21c2ccccc2-c2ccc(Nc3ccc4c5ccccc5c5ccccc5c4c3)cc21. The van der Waals surface area contributed by atoms with Crippen LogP contribution in [0.4, 0.5) is 28.4 Å². The van der Waals surface area contributed by atoms with Gasteiger partial charge in [0.2, 0.25) is 0 Å². The highest BCUT2D eigenvalue weighted by Gasteiger charge is 2.53. The number of halogens is 1. The van der Waals surface area contributed by atoms with Crippen LogP contribution in [0.15, 0.2) is 368 Å². The molecular weight excluding hydrogens is 1390 g/mol. The lowest BCUT2D eigenvalue weighted by molar-refractivity contribution is 0.590. The number of hydrogen-bond donors (Lipinski definition) is 1. The molecule has 18 aromatic rings. The first kappa shape index (κ1) is 68.2. The summed E-state index contributed by atoms with van der Waals surface area (Å²) in [6, 6.07) is 135. The summed E-state index contributed by atoms with van der Waals surface area (Å²) in [4.78, 5) is 2.47. The van der Waals surface area contributed by atoms with Gasteiger partial charge in [-0.15, -0.1) is 0 Å². The molecule has 0 atom stereocenters. The van der Waals surface area contributed by atoms with Crippen LogP contribution in [0.25, 0.3) is 109 Å². The highest BCUT2D eigenvalue weighted by atomic mass is 79.9. The molecule has 4 aliphatic carbocycles. The first-order valence-corrected chi connectivity index (χ1v) is 39.0. The Morgan fingerprint density at radius 2 is 0.482 bits per heavy atom. The molecule has 22 rings (SSSR count). The standard InChI is InChI=1S/C53H39N.C43H27N.C10H13Br.CH4/c1-52(2,3)34-24-26-35(27-25-34)54(36-28-30-42-40-16-5-4-14-38(40)39-15-6-7-17-41(39)47(42)32-36)37-29-31-46-45-20-10-13-23-50(45)53(51(46)33-37)48-21-11-8-18-43(48)44-19-9-12-22-49(44)53;1-2-13-31-29(11-1)30-12-3-4-14-32(30)38-25-27(21-23-33(31)38)44-28-22-24-37-36-17-7-10-20-41(36)43(42(37)26-28)39-18-8-5-15-34(39)35-16-6-9-19-40(35)43;1-10(2,3)8-4-6-9(11)7-5-8;/h4-33H,1-3H3;1-26,44H;4-7H,1-3H3;1H4. The number of fused-ring (bicyclic) bond motifs is 32. The average molecular weight is 1480 g/mol. The largest absolute Gasteiger partial charge is 0.355 e. The molecule has 528 valence electrons. The molecule has 0 aromatic heterocycles. The molecule has 2 spiro atoms. The fraction of sp³-hybridized carbons (Fsp3) is 0.103. The van der Waals surface area contributed by atoms with Gasteiger partial charge in [0.25, 0.3) is 0 Å². The fourth-order valence-electron chi connectivity index (χ4n) is 19.1. The Morgan fingerprint density at radius 1 is 0.227 bits per heavy atom. The Kier molecular flexibility index (Phi) is 16.2. The third-order valence-corrected chi connectivity index (χ3v) is 24.5. The van der Waals surface area contributed by atoms with Crippen molar-refractivity contribution in [2.24, 2.45) is 0 Å². The van der Waals surface area contributed by atoms with Gasteiger partial charge in [0.1, 0.15) is 0 Å². The van der Waals surface area contributed by atoms with Gasteiger partial charge in [-0.2, -0.15) is 0 Å². The van der Waals surface area contributed by atoms with Gasteiger partial charge in [0, 0.05) is 32.9 Å². The summed E-state index contributed by atoms with van der Waals surface area (Å²) in [5.74, 6) is 0. The quantitative estimate of drug-likeness (QED) is 0.173. The lowest BCUT2D eigenvalue weighted by atomic mass is 9.70. The summed E-state index contributed by atoms with van der Waals surface area (Å²) in [5, 5.41) is 19.2. The maximum absolute atomic E-state index is 3.82. The molecule has 0 unspecified atom stereocenters. The number of benzene rings is 18. The normalized spacial score (nSPS) is 13.3. The van der Waals surface area contributed by atoms with Crippen LogP contribution in [0.2, 0.25) is 0 Å². The van der Waals surface area contributed by atoms with Gasteiger partial charge in [-0.3, -0.25) is 0 Å². The zero-order valence-electron chi connectivity index (χ0n) is 62.0. The van der Waals surface area contributed by atoms with Crippen molar-refractivity contribution in [2.75, 3.05) is 10.2 Å². The molecule has 0 bridgehead atoms. The second kappa shape index (κ2) is 26.2. The van der Waals surface area contributed by atoms with E-state index in [1.807, 2.05) is 0 Å². The number of anilines is 5. The van der Waals surface area contributed by atoms with Crippen LogP contribution in [0.1, 0.15) is 105 Å². The predicted molar refractivity (Wildman–Crippen MR) is 473 cm³/mol. The Balaban J connectivity index is 0.000000132. The lowest BCUT2D eigenvalue weighted by Crippen LogP contribution is -2.26. The first-order valence-electron chi connectivity index (χ1n) is 38.2. The minimum atomic E-state index is -0.407. The van der Waals surface area contributed by atoms with Gasteiger partial charge >= 0.3 is 0 Å². The van der Waals surface area contributed by atoms with E-state index in [0.717, 1.165) is 32.9 Å². The Morgan fingerprint density at radius 3 is 0.864 bits per heavy atom. The molecule has 0 heterocycles. The topological polar surface area (TPSA) is 15.3 Å². The molecule has 3 heteroatoms. The van der Waals surface area contributed by atoms with Gasteiger partial charge in [0.15, 0.2) is 0 Å². The molecule has 4 aliphatic rings. The molecule has 18 aromatic carbocycles. The minimum Gasteiger partial charge on any atom is -0.355 e. The van der Waals surface area contributed by atoms with Gasteiger partial charge in [-0.05, 0) is 248 Å². The first-order chi connectivity index (χ1) is 53.2. The van der Waals surface area contributed by atoms with E-state index in [-0.39, 0.29) is 23.7 Å². The second-order valence-electron chi connectivity index (χ2n) is 32.0. The highest BCUT2D eigenvalue weighted by molar-refractivity contribution is 9.10. The molecule has 0 radical (unpaired) electrons. The summed E-state index contributed by atoms with van der Waals surface area (Å²) in [7, 11) is 0. The summed E-state index contributed by atoms with van der Waals surface area (Å²) < 4.78 is 1.14. The van der Waals surface area contributed by atoms with Crippen LogP contribution in [0.5, 0.6) is 0 Å². The van der Waals surface area contributed by atoms with Crippen LogP contribution in [0.3, 0.4) is 0 Å². The molecule has 110 heavy (non-hydrogen) atoms. The van der Waals surface area contributed by atoms with Gasteiger partial charge in [-0.1, -0.05) is 356 Å². The van der Waals surface area contributed by atoms with E-state index in [0.29, 0.717) is 0 Å². The van der Waals surface area contributed by atoms with Crippen molar-refractivity contribution in [2.45, 2.75) is 70.6 Å². The van der Waals surface area contributed by atoms with E-state index in [4.69, 9.17) is 0 Å². The van der Waals surface area contributed by atoms with E-state index >= 15 is 0 Å². The van der Waals surface area contributed by atoms with Gasteiger partial charge in [-0.25, -0.2) is 0 Å². The second-order valence-corrected chi connectivity index (χ2v) is 32.9. The van der Waals surface area contributed by atoms with Gasteiger partial charge in [0.05, 0.1) is 10.8 Å². The molecule has 0 amide bonds. The summed E-state index contributed by atoms with van der Waals surface area (Å²) in [6.45, 7) is 13.5. The Labute approximate surface area is 653 Å². The lowest BCUT2D eigenvalue weighted by Gasteiger charge is -2.32. The van der Waals surface area contributed by atoms with Gasteiger partial charge < -0.3 is 10.2 Å². The van der Waals surface area contributed by atoms with E-state index < -0.39 is 5.41 Å². The monoisotopic (exact) mass is 1470 g/mol. The van der Waals surface area contributed by atoms with Crippen molar-refractivity contribution in [3.05, 3.63) is 424 Å². The fourth-order valence-corrected chi connectivity index (χ4v) is 19.4. The molecule has 0 saturated carbocycles. The third-order valence-electron chi connectivity index (χ3n) is 24.0. The zero-order chi connectivity index (χ0) is 73.5. The van der Waals surface area contributed by atoms with Crippen LogP contribution in [-0.2, 0) is 21.7 Å². The molecule has 0 fully saturated rings. The van der Waals surface area contributed by atoms with Crippen molar-refractivity contribution in [1.82, 2.24) is 0 Å².